The fourth-order valence-electron chi connectivity index (χ4n) is 2.48. The molecular weight excluding hydrogens is 262 g/mol. The van der Waals surface area contributed by atoms with Crippen LogP contribution in [0, 0.1) is 0 Å². The van der Waals surface area contributed by atoms with Crippen molar-refractivity contribution in [3.63, 3.8) is 0 Å². The molecule has 1 aromatic heterocycles. The molecule has 3 aromatic rings. The fraction of sp³-hybridized carbons (Fsp3) is 0.0556. The standard InChI is InChI=1S/C18H15NO2/c1-2-7-13-16-14(19)10-6-11-15(16)21-18(13)17(20)12-8-4-3-5-9-12/h2-6,8-11H,1,7,19H2. The van der Waals surface area contributed by atoms with Crippen molar-refractivity contribution in [3.05, 3.63) is 78.1 Å². The average molecular weight is 277 g/mol. The lowest BCUT2D eigenvalue weighted by Crippen LogP contribution is -2.02. The summed E-state index contributed by atoms with van der Waals surface area (Å²) in [4.78, 5) is 12.7. The van der Waals surface area contributed by atoms with Crippen LogP contribution in [0.15, 0.2) is 65.6 Å². The lowest BCUT2D eigenvalue weighted by molar-refractivity contribution is 0.101. The Morgan fingerprint density at radius 1 is 1.14 bits per heavy atom. The average Bonchev–Trinajstić information content (AvgIpc) is 2.88. The minimum Gasteiger partial charge on any atom is -0.452 e. The molecule has 3 nitrogen and oxygen atoms in total. The highest BCUT2D eigenvalue weighted by Crippen LogP contribution is 2.32. The van der Waals surface area contributed by atoms with E-state index in [4.69, 9.17) is 10.2 Å². The number of ketones is 1. The second kappa shape index (κ2) is 5.29. The minimum absolute atomic E-state index is 0.136. The van der Waals surface area contributed by atoms with Gasteiger partial charge in [-0.1, -0.05) is 42.5 Å². The zero-order valence-corrected chi connectivity index (χ0v) is 11.5. The van der Waals surface area contributed by atoms with Crippen LogP contribution in [0.25, 0.3) is 11.0 Å². The normalized spacial score (nSPS) is 10.7. The highest BCUT2D eigenvalue weighted by Gasteiger charge is 2.22. The molecule has 0 saturated heterocycles. The van der Waals surface area contributed by atoms with E-state index in [0.29, 0.717) is 29.0 Å². The van der Waals surface area contributed by atoms with Crippen molar-refractivity contribution in [1.29, 1.82) is 0 Å². The summed E-state index contributed by atoms with van der Waals surface area (Å²) >= 11 is 0. The van der Waals surface area contributed by atoms with E-state index in [9.17, 15) is 4.79 Å². The Labute approximate surface area is 122 Å². The molecule has 0 unspecified atom stereocenters. The number of hydrogen-bond donors (Lipinski definition) is 1. The fourth-order valence-corrected chi connectivity index (χ4v) is 2.48. The molecular formula is C18H15NO2. The molecule has 21 heavy (non-hydrogen) atoms. The first-order chi connectivity index (χ1) is 10.2. The molecule has 0 bridgehead atoms. The first-order valence-corrected chi connectivity index (χ1v) is 6.73. The van der Waals surface area contributed by atoms with Crippen molar-refractivity contribution < 1.29 is 9.21 Å². The number of benzene rings is 2. The molecule has 2 aromatic carbocycles. The number of fused-ring (bicyclic) bond motifs is 1. The van der Waals surface area contributed by atoms with E-state index < -0.39 is 0 Å². The van der Waals surface area contributed by atoms with Crippen molar-refractivity contribution in [3.8, 4) is 0 Å². The zero-order valence-electron chi connectivity index (χ0n) is 11.5. The highest BCUT2D eigenvalue weighted by molar-refractivity contribution is 6.11. The number of hydrogen-bond acceptors (Lipinski definition) is 3. The summed E-state index contributed by atoms with van der Waals surface area (Å²) in [5, 5.41) is 0.802. The molecule has 0 atom stereocenters. The molecule has 0 radical (unpaired) electrons. The number of carbonyl (C=O) groups is 1. The van der Waals surface area contributed by atoms with E-state index in [1.54, 1.807) is 24.3 Å². The van der Waals surface area contributed by atoms with Gasteiger partial charge in [0.05, 0.1) is 0 Å². The third-order valence-electron chi connectivity index (χ3n) is 3.44. The molecule has 2 N–H and O–H groups in total. The number of nitrogens with two attached hydrogens (primary N) is 1. The van der Waals surface area contributed by atoms with Gasteiger partial charge in [-0.3, -0.25) is 4.79 Å². The second-order valence-electron chi connectivity index (χ2n) is 4.82. The number of anilines is 1. The van der Waals surface area contributed by atoms with E-state index in [0.717, 1.165) is 10.9 Å². The lowest BCUT2D eigenvalue weighted by Gasteiger charge is -2.01. The van der Waals surface area contributed by atoms with Crippen LogP contribution in [0.3, 0.4) is 0 Å². The Kier molecular flexibility index (Phi) is 3.32. The Balaban J connectivity index is 2.23. The van der Waals surface area contributed by atoms with E-state index in [-0.39, 0.29) is 5.78 Å². The Hall–Kier alpha value is -2.81. The van der Waals surface area contributed by atoms with Gasteiger partial charge in [-0.2, -0.15) is 0 Å². The van der Waals surface area contributed by atoms with Crippen molar-refractivity contribution in [2.75, 3.05) is 5.73 Å². The first kappa shape index (κ1) is 13.2. The van der Waals surface area contributed by atoms with Crippen LogP contribution in [0.4, 0.5) is 5.69 Å². The predicted octanol–water partition coefficient (Wildman–Crippen LogP) is 3.97. The summed E-state index contributed by atoms with van der Waals surface area (Å²) < 4.78 is 5.77. The number of carbonyl (C=O) groups excluding carboxylic acids is 1. The molecule has 0 aliphatic rings. The molecule has 3 heteroatoms. The molecule has 0 spiro atoms. The summed E-state index contributed by atoms with van der Waals surface area (Å²) in [7, 11) is 0. The molecule has 0 aliphatic carbocycles. The van der Waals surface area contributed by atoms with Gasteiger partial charge < -0.3 is 10.2 Å². The van der Waals surface area contributed by atoms with Crippen LogP contribution in [-0.4, -0.2) is 5.78 Å². The molecule has 0 amide bonds. The SMILES string of the molecule is C=CCc1c(C(=O)c2ccccc2)oc2cccc(N)c12. The maximum atomic E-state index is 12.7. The number of allylic oxidation sites excluding steroid dienone is 1. The van der Waals surface area contributed by atoms with Crippen LogP contribution in [-0.2, 0) is 6.42 Å². The smallest absolute Gasteiger partial charge is 0.228 e. The van der Waals surface area contributed by atoms with E-state index in [2.05, 4.69) is 6.58 Å². The molecule has 1 heterocycles. The van der Waals surface area contributed by atoms with Crippen molar-refractivity contribution >= 4 is 22.4 Å². The van der Waals surface area contributed by atoms with E-state index >= 15 is 0 Å². The van der Waals surface area contributed by atoms with Crippen molar-refractivity contribution in [2.45, 2.75) is 6.42 Å². The van der Waals surface area contributed by atoms with Crippen molar-refractivity contribution in [1.82, 2.24) is 0 Å². The third kappa shape index (κ3) is 2.23. The summed E-state index contributed by atoms with van der Waals surface area (Å²) in [6, 6.07) is 14.5. The predicted molar refractivity (Wildman–Crippen MR) is 84.4 cm³/mol. The summed E-state index contributed by atoms with van der Waals surface area (Å²) in [5.41, 5.74) is 8.67. The van der Waals surface area contributed by atoms with Crippen LogP contribution in [0.2, 0.25) is 0 Å². The summed E-state index contributed by atoms with van der Waals surface area (Å²) in [5.74, 6) is 0.206. The Morgan fingerprint density at radius 2 is 1.90 bits per heavy atom. The molecule has 0 aliphatic heterocycles. The van der Waals surface area contributed by atoms with E-state index in [1.807, 2.05) is 30.3 Å². The van der Waals surface area contributed by atoms with Crippen LogP contribution in [0.5, 0.6) is 0 Å². The first-order valence-electron chi connectivity index (χ1n) is 6.73. The van der Waals surface area contributed by atoms with Gasteiger partial charge in [0, 0.05) is 22.2 Å². The Bertz CT molecular complexity index is 816. The maximum absolute atomic E-state index is 12.7. The van der Waals surface area contributed by atoms with Crippen LogP contribution >= 0.6 is 0 Å². The molecule has 0 fully saturated rings. The van der Waals surface area contributed by atoms with E-state index in [1.165, 1.54) is 0 Å². The quantitative estimate of drug-likeness (QED) is 0.446. The van der Waals surface area contributed by atoms with Crippen molar-refractivity contribution in [2.24, 2.45) is 0 Å². The van der Waals surface area contributed by atoms with Crippen LogP contribution < -0.4 is 5.73 Å². The largest absolute Gasteiger partial charge is 0.452 e. The zero-order chi connectivity index (χ0) is 14.8. The van der Waals surface area contributed by atoms with Crippen LogP contribution in [0.1, 0.15) is 21.7 Å². The summed E-state index contributed by atoms with van der Waals surface area (Å²) in [6.07, 6.45) is 2.29. The topological polar surface area (TPSA) is 56.2 Å². The Morgan fingerprint density at radius 3 is 2.62 bits per heavy atom. The minimum atomic E-state index is -0.136. The van der Waals surface area contributed by atoms with Gasteiger partial charge in [0.15, 0.2) is 5.76 Å². The number of furan rings is 1. The van der Waals surface area contributed by atoms with Gasteiger partial charge in [-0.25, -0.2) is 0 Å². The van der Waals surface area contributed by atoms with Gasteiger partial charge in [0.25, 0.3) is 0 Å². The highest BCUT2D eigenvalue weighted by atomic mass is 16.3. The molecule has 3 rings (SSSR count). The third-order valence-corrected chi connectivity index (χ3v) is 3.44. The van der Waals surface area contributed by atoms with Gasteiger partial charge >= 0.3 is 0 Å². The number of nitrogen functional groups attached to an aromatic ring is 1. The lowest BCUT2D eigenvalue weighted by atomic mass is 10.0. The van der Waals surface area contributed by atoms with Gasteiger partial charge in [0.1, 0.15) is 5.58 Å². The molecule has 104 valence electrons. The van der Waals surface area contributed by atoms with Gasteiger partial charge in [-0.05, 0) is 18.6 Å². The van der Waals surface area contributed by atoms with Gasteiger partial charge in [-0.15, -0.1) is 6.58 Å². The molecule has 0 saturated carbocycles. The van der Waals surface area contributed by atoms with Gasteiger partial charge in [0.2, 0.25) is 5.78 Å². The summed E-state index contributed by atoms with van der Waals surface area (Å²) in [6.45, 7) is 3.75. The monoisotopic (exact) mass is 277 g/mol. The second-order valence-corrected chi connectivity index (χ2v) is 4.82. The maximum Gasteiger partial charge on any atom is 0.228 e. The number of rotatable bonds is 4.